The van der Waals surface area contributed by atoms with Gasteiger partial charge in [-0.2, -0.15) is 5.10 Å². The van der Waals surface area contributed by atoms with Crippen LogP contribution < -0.4 is 4.90 Å². The fraction of sp³-hybridized carbons (Fsp3) is 0.409. The highest BCUT2D eigenvalue weighted by Gasteiger charge is 2.39. The Morgan fingerprint density at radius 2 is 1.96 bits per heavy atom. The van der Waals surface area contributed by atoms with Crippen molar-refractivity contribution in [3.05, 3.63) is 48.2 Å². The van der Waals surface area contributed by atoms with Gasteiger partial charge in [0, 0.05) is 49.8 Å². The summed E-state index contributed by atoms with van der Waals surface area (Å²) in [6, 6.07) is 13.0. The van der Waals surface area contributed by atoms with Gasteiger partial charge in [-0.1, -0.05) is 30.3 Å². The zero-order valence-electron chi connectivity index (χ0n) is 16.4. The van der Waals surface area contributed by atoms with Crippen LogP contribution in [0.3, 0.4) is 0 Å². The topological polar surface area (TPSA) is 53.7 Å². The second-order valence-corrected chi connectivity index (χ2v) is 7.99. The highest BCUT2D eigenvalue weighted by molar-refractivity contribution is 5.73. The largest absolute Gasteiger partial charge is 0.353 e. The van der Waals surface area contributed by atoms with Crippen LogP contribution in [0.5, 0.6) is 0 Å². The number of fused-ring (bicyclic) bond motifs is 2. The normalized spacial score (nSPS) is 21.9. The van der Waals surface area contributed by atoms with Crippen molar-refractivity contribution in [3.8, 4) is 11.3 Å². The third-order valence-electron chi connectivity index (χ3n) is 6.28. The van der Waals surface area contributed by atoms with E-state index in [1.165, 1.54) is 0 Å². The van der Waals surface area contributed by atoms with E-state index in [-0.39, 0.29) is 5.91 Å². The third-order valence-corrected chi connectivity index (χ3v) is 6.28. The number of amides is 1. The highest BCUT2D eigenvalue weighted by Crippen LogP contribution is 2.36. The van der Waals surface area contributed by atoms with Crippen LogP contribution in [-0.2, 0) is 4.79 Å². The van der Waals surface area contributed by atoms with Crippen LogP contribution in [0, 0.1) is 12.8 Å². The Labute approximate surface area is 164 Å². The van der Waals surface area contributed by atoms with Crippen molar-refractivity contribution in [3.63, 3.8) is 0 Å². The van der Waals surface area contributed by atoms with Gasteiger partial charge in [-0.15, -0.1) is 0 Å². The van der Waals surface area contributed by atoms with E-state index in [1.54, 1.807) is 6.92 Å². The fourth-order valence-electron chi connectivity index (χ4n) is 4.78. The Hall–Kier alpha value is -2.89. The fourth-order valence-corrected chi connectivity index (χ4v) is 4.78. The molecule has 144 valence electrons. The molecule has 1 amide bonds. The van der Waals surface area contributed by atoms with Gasteiger partial charge in [0.2, 0.25) is 5.91 Å². The van der Waals surface area contributed by atoms with Crippen molar-refractivity contribution in [1.29, 1.82) is 0 Å². The Balaban J connectivity index is 1.55. The van der Waals surface area contributed by atoms with Crippen molar-refractivity contribution >= 4 is 17.4 Å². The molecule has 2 aliphatic rings. The SMILES string of the molecule is CC(=O)N1CC[C@@H]2[C@@H](CCN2c2cc(-c3ccccc3)n3ncc(C)c3n2)C1. The molecule has 3 aromatic rings. The summed E-state index contributed by atoms with van der Waals surface area (Å²) in [5.41, 5.74) is 4.21. The Morgan fingerprint density at radius 3 is 2.75 bits per heavy atom. The minimum atomic E-state index is 0.192. The van der Waals surface area contributed by atoms with Gasteiger partial charge in [-0.05, 0) is 25.7 Å². The van der Waals surface area contributed by atoms with Crippen molar-refractivity contribution in [2.75, 3.05) is 24.5 Å². The van der Waals surface area contributed by atoms with Gasteiger partial charge in [-0.3, -0.25) is 4.79 Å². The smallest absolute Gasteiger partial charge is 0.219 e. The molecule has 0 spiro atoms. The molecule has 0 radical (unpaired) electrons. The molecule has 6 heteroatoms. The monoisotopic (exact) mass is 375 g/mol. The summed E-state index contributed by atoms with van der Waals surface area (Å²) in [5.74, 6) is 1.75. The van der Waals surface area contributed by atoms with Gasteiger partial charge in [-0.25, -0.2) is 9.50 Å². The summed E-state index contributed by atoms with van der Waals surface area (Å²) in [7, 11) is 0. The zero-order chi connectivity index (χ0) is 19.3. The summed E-state index contributed by atoms with van der Waals surface area (Å²) in [4.78, 5) is 21.2. The van der Waals surface area contributed by atoms with E-state index in [9.17, 15) is 4.79 Å². The van der Waals surface area contributed by atoms with Crippen LogP contribution in [0.15, 0.2) is 42.6 Å². The molecule has 1 aromatic carbocycles. The number of benzene rings is 1. The highest BCUT2D eigenvalue weighted by atomic mass is 16.2. The first-order chi connectivity index (χ1) is 13.6. The van der Waals surface area contributed by atoms with Gasteiger partial charge in [0.1, 0.15) is 5.82 Å². The van der Waals surface area contributed by atoms with Crippen molar-refractivity contribution in [1.82, 2.24) is 19.5 Å². The van der Waals surface area contributed by atoms with Crippen molar-refractivity contribution in [2.24, 2.45) is 5.92 Å². The quantitative estimate of drug-likeness (QED) is 0.690. The van der Waals surface area contributed by atoms with Crippen LogP contribution >= 0.6 is 0 Å². The van der Waals surface area contributed by atoms with Crippen LogP contribution in [0.1, 0.15) is 25.3 Å². The van der Waals surface area contributed by atoms with E-state index in [0.717, 1.165) is 60.8 Å². The number of hydrogen-bond acceptors (Lipinski definition) is 4. The van der Waals surface area contributed by atoms with Gasteiger partial charge in [0.05, 0.1) is 11.9 Å². The van der Waals surface area contributed by atoms with Crippen LogP contribution in [0.2, 0.25) is 0 Å². The molecular weight excluding hydrogens is 350 g/mol. The van der Waals surface area contributed by atoms with E-state index in [4.69, 9.17) is 4.98 Å². The summed E-state index contributed by atoms with van der Waals surface area (Å²) >= 11 is 0. The molecule has 2 atom stereocenters. The number of nitrogens with zero attached hydrogens (tertiary/aromatic N) is 5. The molecule has 2 saturated heterocycles. The predicted octanol–water partition coefficient (Wildman–Crippen LogP) is 3.15. The maximum Gasteiger partial charge on any atom is 0.219 e. The Kier molecular flexibility index (Phi) is 4.07. The molecule has 0 unspecified atom stereocenters. The molecule has 0 aliphatic carbocycles. The van der Waals surface area contributed by atoms with Crippen LogP contribution in [0.4, 0.5) is 5.82 Å². The van der Waals surface area contributed by atoms with Gasteiger partial charge < -0.3 is 9.80 Å². The maximum absolute atomic E-state index is 11.8. The summed E-state index contributed by atoms with van der Waals surface area (Å²) in [6.45, 7) is 6.44. The number of likely N-dealkylation sites (tertiary alicyclic amines) is 1. The number of carbonyl (C=O) groups excluding carboxylic acids is 1. The van der Waals surface area contributed by atoms with Crippen LogP contribution in [-0.4, -0.2) is 51.1 Å². The summed E-state index contributed by atoms with van der Waals surface area (Å²) in [6.07, 6.45) is 4.01. The molecule has 0 saturated carbocycles. The Bertz CT molecular complexity index is 1030. The molecular formula is C22H25N5O. The number of anilines is 1. The van der Waals surface area contributed by atoms with E-state index in [0.29, 0.717) is 12.0 Å². The summed E-state index contributed by atoms with van der Waals surface area (Å²) < 4.78 is 1.94. The van der Waals surface area contributed by atoms with E-state index in [2.05, 4.69) is 47.3 Å². The van der Waals surface area contributed by atoms with Crippen molar-refractivity contribution in [2.45, 2.75) is 32.7 Å². The van der Waals surface area contributed by atoms with E-state index < -0.39 is 0 Å². The average Bonchev–Trinajstić information content (AvgIpc) is 3.31. The number of hydrogen-bond donors (Lipinski definition) is 0. The lowest BCUT2D eigenvalue weighted by molar-refractivity contribution is -0.130. The molecule has 6 nitrogen and oxygen atoms in total. The average molecular weight is 375 g/mol. The molecule has 28 heavy (non-hydrogen) atoms. The van der Waals surface area contributed by atoms with Gasteiger partial charge >= 0.3 is 0 Å². The lowest BCUT2D eigenvalue weighted by Gasteiger charge is -2.38. The first-order valence-corrected chi connectivity index (χ1v) is 10.0. The molecule has 5 rings (SSSR count). The molecule has 2 fully saturated rings. The van der Waals surface area contributed by atoms with E-state index in [1.807, 2.05) is 21.7 Å². The molecule has 2 aliphatic heterocycles. The number of carbonyl (C=O) groups is 1. The minimum Gasteiger partial charge on any atom is -0.353 e. The Morgan fingerprint density at radius 1 is 1.14 bits per heavy atom. The predicted molar refractivity (Wildman–Crippen MR) is 109 cm³/mol. The zero-order valence-corrected chi connectivity index (χ0v) is 16.4. The number of aryl methyl sites for hydroxylation is 1. The van der Waals surface area contributed by atoms with Crippen LogP contribution in [0.25, 0.3) is 16.9 Å². The number of rotatable bonds is 2. The molecule has 4 heterocycles. The van der Waals surface area contributed by atoms with Gasteiger partial charge in [0.15, 0.2) is 5.65 Å². The first-order valence-electron chi connectivity index (χ1n) is 10.0. The number of aromatic nitrogens is 3. The molecule has 0 N–H and O–H groups in total. The minimum absolute atomic E-state index is 0.192. The third kappa shape index (κ3) is 2.75. The van der Waals surface area contributed by atoms with Gasteiger partial charge in [0.25, 0.3) is 0 Å². The maximum atomic E-state index is 11.8. The standard InChI is InChI=1S/C22H25N5O/c1-15-13-23-27-20(17-6-4-3-5-7-17)12-21(24-22(15)27)26-11-8-18-14-25(16(2)28)10-9-19(18)26/h3-7,12-13,18-19H,8-11,14H2,1-2H3/t18-,19+/m0/s1. The lowest BCUT2D eigenvalue weighted by Crippen LogP contribution is -2.47. The number of piperidine rings is 1. The second kappa shape index (κ2) is 6.62. The first kappa shape index (κ1) is 17.2. The van der Waals surface area contributed by atoms with Crippen molar-refractivity contribution < 1.29 is 4.79 Å². The second-order valence-electron chi connectivity index (χ2n) is 7.99. The lowest BCUT2D eigenvalue weighted by atomic mass is 9.93. The van der Waals surface area contributed by atoms with E-state index >= 15 is 0 Å². The molecule has 0 bridgehead atoms. The summed E-state index contributed by atoms with van der Waals surface area (Å²) in [5, 5.41) is 4.56. The molecule has 2 aromatic heterocycles.